The van der Waals surface area contributed by atoms with Gasteiger partial charge in [0.25, 0.3) is 5.91 Å². The Hall–Kier alpha value is -2.62. The molecule has 1 aromatic heterocycles. The third-order valence-corrected chi connectivity index (χ3v) is 5.62. The largest absolute Gasteiger partial charge is 0.497 e. The molecular weight excluding hydrogens is 420 g/mol. The van der Waals surface area contributed by atoms with Crippen molar-refractivity contribution in [1.82, 2.24) is 10.2 Å². The quantitative estimate of drug-likeness (QED) is 0.428. The molecule has 0 radical (unpaired) electrons. The fourth-order valence-electron chi connectivity index (χ4n) is 2.12. The van der Waals surface area contributed by atoms with E-state index in [-0.39, 0.29) is 17.6 Å². The van der Waals surface area contributed by atoms with Crippen molar-refractivity contribution in [2.75, 3.05) is 23.5 Å². The number of ether oxygens (including phenoxy) is 1. The van der Waals surface area contributed by atoms with Gasteiger partial charge in [0, 0.05) is 16.3 Å². The van der Waals surface area contributed by atoms with Crippen LogP contribution in [-0.2, 0) is 4.79 Å². The Morgan fingerprint density at radius 2 is 1.93 bits per heavy atom. The number of nitrogens with one attached hydrogen (secondary N) is 2. The van der Waals surface area contributed by atoms with Crippen molar-refractivity contribution in [2.45, 2.75) is 4.34 Å². The third kappa shape index (κ3) is 5.69. The fourth-order valence-corrected chi connectivity index (χ4v) is 3.85. The molecule has 0 saturated carbocycles. The number of hydrogen-bond acceptors (Lipinski definition) is 7. The van der Waals surface area contributed by atoms with Crippen LogP contribution in [0.1, 0.15) is 10.4 Å². The van der Waals surface area contributed by atoms with Crippen LogP contribution < -0.4 is 15.4 Å². The van der Waals surface area contributed by atoms with Crippen molar-refractivity contribution in [3.8, 4) is 5.75 Å². The van der Waals surface area contributed by atoms with Gasteiger partial charge in [0.15, 0.2) is 4.34 Å². The molecule has 2 N–H and O–H groups in total. The Morgan fingerprint density at radius 3 is 2.64 bits per heavy atom. The molecule has 0 atom stereocenters. The average Bonchev–Trinajstić information content (AvgIpc) is 3.14. The average molecular weight is 435 g/mol. The van der Waals surface area contributed by atoms with Crippen molar-refractivity contribution in [3.05, 3.63) is 59.1 Å². The summed E-state index contributed by atoms with van der Waals surface area (Å²) in [4.78, 5) is 24.2. The van der Waals surface area contributed by atoms with Crippen LogP contribution in [0.3, 0.4) is 0 Å². The van der Waals surface area contributed by atoms with E-state index in [0.717, 1.165) is 0 Å². The first-order chi connectivity index (χ1) is 13.5. The molecular formula is C18H15ClN4O3S2. The first-order valence-corrected chi connectivity index (χ1v) is 10.2. The molecule has 2 aromatic carbocycles. The maximum Gasteiger partial charge on any atom is 0.257 e. The topological polar surface area (TPSA) is 93.2 Å². The second-order valence-electron chi connectivity index (χ2n) is 5.40. The van der Waals surface area contributed by atoms with E-state index in [9.17, 15) is 9.59 Å². The lowest BCUT2D eigenvalue weighted by molar-refractivity contribution is -0.113. The van der Waals surface area contributed by atoms with Gasteiger partial charge in [-0.05, 0) is 42.5 Å². The summed E-state index contributed by atoms with van der Waals surface area (Å²) in [6.07, 6.45) is 0. The van der Waals surface area contributed by atoms with Crippen LogP contribution in [0.5, 0.6) is 5.75 Å². The van der Waals surface area contributed by atoms with Gasteiger partial charge in [-0.25, -0.2) is 0 Å². The van der Waals surface area contributed by atoms with Crippen molar-refractivity contribution < 1.29 is 14.3 Å². The molecule has 0 aliphatic carbocycles. The Labute approximate surface area is 174 Å². The van der Waals surface area contributed by atoms with Gasteiger partial charge < -0.3 is 10.1 Å². The van der Waals surface area contributed by atoms with Crippen LogP contribution in [0.25, 0.3) is 0 Å². The van der Waals surface area contributed by atoms with Gasteiger partial charge in [0.2, 0.25) is 11.0 Å². The van der Waals surface area contributed by atoms with Gasteiger partial charge in [0.1, 0.15) is 5.75 Å². The van der Waals surface area contributed by atoms with Crippen LogP contribution in [0.2, 0.25) is 5.02 Å². The van der Waals surface area contributed by atoms with Crippen molar-refractivity contribution >= 4 is 57.3 Å². The first-order valence-electron chi connectivity index (χ1n) is 8.00. The summed E-state index contributed by atoms with van der Waals surface area (Å²) in [5.41, 5.74) is 1.11. The number of carbonyl (C=O) groups excluding carboxylic acids is 2. The first kappa shape index (κ1) is 20.1. The molecule has 0 aliphatic rings. The number of carbonyl (C=O) groups is 2. The second-order valence-corrected chi connectivity index (χ2v) is 8.04. The molecule has 0 saturated heterocycles. The maximum atomic E-state index is 12.2. The number of methoxy groups -OCH3 is 1. The zero-order chi connectivity index (χ0) is 19.9. The predicted molar refractivity (Wildman–Crippen MR) is 112 cm³/mol. The molecule has 0 fully saturated rings. The lowest BCUT2D eigenvalue weighted by Gasteiger charge is -2.05. The number of rotatable bonds is 7. The van der Waals surface area contributed by atoms with Crippen molar-refractivity contribution in [2.24, 2.45) is 0 Å². The van der Waals surface area contributed by atoms with E-state index < -0.39 is 0 Å². The predicted octanol–water partition coefficient (Wildman–Crippen LogP) is 4.18. The van der Waals surface area contributed by atoms with E-state index in [1.54, 1.807) is 55.6 Å². The highest BCUT2D eigenvalue weighted by Crippen LogP contribution is 2.26. The Balaban J connectivity index is 1.50. The van der Waals surface area contributed by atoms with Gasteiger partial charge >= 0.3 is 0 Å². The van der Waals surface area contributed by atoms with Crippen LogP contribution >= 0.6 is 34.7 Å². The van der Waals surface area contributed by atoms with Crippen molar-refractivity contribution in [1.29, 1.82) is 0 Å². The van der Waals surface area contributed by atoms with E-state index in [2.05, 4.69) is 20.8 Å². The third-order valence-electron chi connectivity index (χ3n) is 3.41. The molecule has 144 valence electrons. The molecule has 1 heterocycles. The number of aromatic nitrogens is 2. The summed E-state index contributed by atoms with van der Waals surface area (Å²) in [5, 5.41) is 14.2. The van der Waals surface area contributed by atoms with Gasteiger partial charge in [-0.2, -0.15) is 0 Å². The molecule has 0 unspecified atom stereocenters. The zero-order valence-electron chi connectivity index (χ0n) is 14.6. The smallest absolute Gasteiger partial charge is 0.257 e. The number of halogens is 1. The molecule has 28 heavy (non-hydrogen) atoms. The van der Waals surface area contributed by atoms with E-state index in [1.165, 1.54) is 23.1 Å². The lowest BCUT2D eigenvalue weighted by Crippen LogP contribution is -2.13. The fraction of sp³-hybridized carbons (Fsp3) is 0.111. The molecule has 0 spiro atoms. The molecule has 0 aliphatic heterocycles. The summed E-state index contributed by atoms with van der Waals surface area (Å²) in [6.45, 7) is 0. The molecule has 10 heteroatoms. The summed E-state index contributed by atoms with van der Waals surface area (Å²) in [5.74, 6) is 0.388. The number of nitrogens with zero attached hydrogens (tertiary/aromatic N) is 2. The van der Waals surface area contributed by atoms with Crippen LogP contribution in [0.4, 0.5) is 10.8 Å². The normalized spacial score (nSPS) is 10.4. The summed E-state index contributed by atoms with van der Waals surface area (Å²) < 4.78 is 5.65. The van der Waals surface area contributed by atoms with Crippen LogP contribution in [0, 0.1) is 0 Å². The van der Waals surface area contributed by atoms with Crippen LogP contribution in [-0.4, -0.2) is 34.9 Å². The molecule has 2 amide bonds. The van der Waals surface area contributed by atoms with E-state index in [1.807, 2.05) is 0 Å². The summed E-state index contributed by atoms with van der Waals surface area (Å²) >= 11 is 8.32. The number of hydrogen-bond donors (Lipinski definition) is 2. The van der Waals surface area contributed by atoms with E-state index in [0.29, 0.717) is 31.5 Å². The zero-order valence-corrected chi connectivity index (χ0v) is 17.0. The summed E-state index contributed by atoms with van der Waals surface area (Å²) in [6, 6.07) is 13.7. The Morgan fingerprint density at radius 1 is 1.14 bits per heavy atom. The number of thioether (sulfide) groups is 1. The molecule has 3 aromatic rings. The van der Waals surface area contributed by atoms with Crippen LogP contribution in [0.15, 0.2) is 52.9 Å². The van der Waals surface area contributed by atoms with E-state index in [4.69, 9.17) is 16.3 Å². The van der Waals surface area contributed by atoms with Gasteiger partial charge in [-0.3, -0.25) is 14.9 Å². The summed E-state index contributed by atoms with van der Waals surface area (Å²) in [7, 11) is 1.58. The minimum atomic E-state index is -0.326. The molecule has 7 nitrogen and oxygen atoms in total. The maximum absolute atomic E-state index is 12.2. The minimum Gasteiger partial charge on any atom is -0.497 e. The molecule has 0 bridgehead atoms. The number of amides is 2. The highest BCUT2D eigenvalue weighted by molar-refractivity contribution is 8.01. The van der Waals surface area contributed by atoms with Gasteiger partial charge in [0.05, 0.1) is 12.9 Å². The highest BCUT2D eigenvalue weighted by Gasteiger charge is 2.12. The second kappa shape index (κ2) is 9.54. The van der Waals surface area contributed by atoms with Crippen molar-refractivity contribution in [3.63, 3.8) is 0 Å². The van der Waals surface area contributed by atoms with Gasteiger partial charge in [-0.1, -0.05) is 40.8 Å². The van der Waals surface area contributed by atoms with E-state index >= 15 is 0 Å². The standard InChI is InChI=1S/C18H15ClN4O3S2/c1-26-14-7-5-13(6-8-14)20-15(24)10-27-18-23-22-17(28-18)21-16(25)11-3-2-4-12(19)9-11/h2-9H,10H2,1H3,(H,20,24)(H,21,22,25). The SMILES string of the molecule is COc1ccc(NC(=O)CSc2nnc(NC(=O)c3cccc(Cl)c3)s2)cc1. The minimum absolute atomic E-state index is 0.170. The number of anilines is 2. The molecule has 3 rings (SSSR count). The van der Waals surface area contributed by atoms with Gasteiger partial charge in [-0.15, -0.1) is 10.2 Å². The monoisotopic (exact) mass is 434 g/mol. The Kier molecular flexibility index (Phi) is 6.85. The Bertz CT molecular complexity index is 979. The lowest BCUT2D eigenvalue weighted by atomic mass is 10.2. The highest BCUT2D eigenvalue weighted by atomic mass is 35.5. The number of benzene rings is 2.